The van der Waals surface area contributed by atoms with Crippen LogP contribution in [0.25, 0.3) is 0 Å². The van der Waals surface area contributed by atoms with E-state index in [1.165, 1.54) is 12.0 Å². The Kier molecular flexibility index (Phi) is 6.92. The average Bonchev–Trinajstić information content (AvgIpc) is 3.42. The molecule has 0 bridgehead atoms. The molecule has 0 unspecified atom stereocenters. The van der Waals surface area contributed by atoms with Gasteiger partial charge in [-0.25, -0.2) is 0 Å². The maximum atomic E-state index is 13.2. The van der Waals surface area contributed by atoms with Gasteiger partial charge < -0.3 is 14.4 Å². The van der Waals surface area contributed by atoms with Crippen LogP contribution in [0.3, 0.4) is 0 Å². The van der Waals surface area contributed by atoms with E-state index in [2.05, 4.69) is 0 Å². The second-order valence-corrected chi connectivity index (χ2v) is 9.02. The van der Waals surface area contributed by atoms with E-state index in [0.717, 1.165) is 31.2 Å². The Morgan fingerprint density at radius 1 is 0.914 bits per heavy atom. The van der Waals surface area contributed by atoms with Crippen molar-refractivity contribution in [1.29, 1.82) is 0 Å². The van der Waals surface area contributed by atoms with Crippen LogP contribution in [0.2, 0.25) is 0 Å². The zero-order valence-electron chi connectivity index (χ0n) is 19.0. The third-order valence-electron chi connectivity index (χ3n) is 6.49. The molecule has 2 aliphatic rings. The molecule has 4 nitrogen and oxygen atoms in total. The Morgan fingerprint density at radius 2 is 1.54 bits per heavy atom. The quantitative estimate of drug-likeness (QED) is 0.421. The molecule has 2 aromatic carbocycles. The molecule has 1 saturated heterocycles. The summed E-state index contributed by atoms with van der Waals surface area (Å²) < 4.78 is 90.6. The molecule has 1 amide bonds. The van der Waals surface area contributed by atoms with Crippen LogP contribution in [-0.2, 0) is 23.7 Å². The van der Waals surface area contributed by atoms with E-state index in [9.17, 15) is 31.1 Å². The molecule has 1 atom stereocenters. The summed E-state index contributed by atoms with van der Waals surface area (Å²) in [5.41, 5.74) is -2.21. The van der Waals surface area contributed by atoms with Crippen LogP contribution in [0.15, 0.2) is 36.4 Å². The number of likely N-dealkylation sites (tertiary alicyclic amines) is 1. The fourth-order valence-corrected chi connectivity index (χ4v) is 4.70. The van der Waals surface area contributed by atoms with Crippen molar-refractivity contribution in [3.8, 4) is 11.5 Å². The molecule has 2 fully saturated rings. The summed E-state index contributed by atoms with van der Waals surface area (Å²) in [6, 6.07) is 6.77. The molecule has 4 rings (SSSR count). The number of ether oxygens (including phenoxy) is 2. The van der Waals surface area contributed by atoms with E-state index >= 15 is 0 Å². The fraction of sp³-hybridized carbons (Fsp3) is 0.480. The number of rotatable bonds is 6. The van der Waals surface area contributed by atoms with Gasteiger partial charge in [-0.3, -0.25) is 4.79 Å². The van der Waals surface area contributed by atoms with Gasteiger partial charge >= 0.3 is 12.4 Å². The topological polar surface area (TPSA) is 38.8 Å². The average molecular weight is 501 g/mol. The van der Waals surface area contributed by atoms with Crippen molar-refractivity contribution in [3.63, 3.8) is 0 Å². The van der Waals surface area contributed by atoms with Gasteiger partial charge in [-0.05, 0) is 67.1 Å². The third kappa shape index (κ3) is 5.85. The molecule has 1 saturated carbocycles. The molecule has 190 valence electrons. The number of nitrogens with zero attached hydrogens (tertiary/aromatic N) is 1. The van der Waals surface area contributed by atoms with E-state index in [4.69, 9.17) is 9.47 Å². The highest BCUT2D eigenvalue weighted by atomic mass is 19.4. The molecule has 0 spiro atoms. The molecule has 1 aliphatic heterocycles. The van der Waals surface area contributed by atoms with Crippen LogP contribution in [0.4, 0.5) is 26.3 Å². The van der Waals surface area contributed by atoms with Crippen LogP contribution < -0.4 is 9.47 Å². The third-order valence-corrected chi connectivity index (χ3v) is 6.49. The second-order valence-electron chi connectivity index (χ2n) is 9.02. The van der Waals surface area contributed by atoms with Gasteiger partial charge in [0.2, 0.25) is 5.91 Å². The number of carbonyl (C=O) groups is 1. The lowest BCUT2D eigenvalue weighted by Crippen LogP contribution is -2.25. The summed E-state index contributed by atoms with van der Waals surface area (Å²) in [5.74, 6) is 0.517. The Balaban J connectivity index is 1.54. The standard InChI is InChI=1S/C25H25F6NO3/c1-34-21-7-6-16(10-22(21)35-20-4-2-3-5-20)17-11-23(33)32(14-17)13-15-8-18(24(26,27)28)12-19(9-15)25(29,30)31/h6-10,12,17,20H,2-5,11,13-14H2,1H3/t17-/m1/s1. The van der Waals surface area contributed by atoms with Crippen molar-refractivity contribution in [2.75, 3.05) is 13.7 Å². The minimum Gasteiger partial charge on any atom is -0.493 e. The molecule has 0 radical (unpaired) electrons. The van der Waals surface area contributed by atoms with E-state index in [0.29, 0.717) is 23.6 Å². The maximum Gasteiger partial charge on any atom is 0.416 e. The van der Waals surface area contributed by atoms with Crippen LogP contribution in [0.5, 0.6) is 11.5 Å². The largest absolute Gasteiger partial charge is 0.493 e. The van der Waals surface area contributed by atoms with Gasteiger partial charge in [0.05, 0.1) is 24.3 Å². The highest BCUT2D eigenvalue weighted by Crippen LogP contribution is 2.39. The summed E-state index contributed by atoms with van der Waals surface area (Å²) in [7, 11) is 1.53. The number of alkyl halides is 6. The lowest BCUT2D eigenvalue weighted by Gasteiger charge is -2.20. The van der Waals surface area contributed by atoms with Crippen molar-refractivity contribution in [1.82, 2.24) is 4.90 Å². The highest BCUT2D eigenvalue weighted by Gasteiger charge is 2.38. The monoisotopic (exact) mass is 501 g/mol. The van der Waals surface area contributed by atoms with Gasteiger partial charge in [-0.1, -0.05) is 6.07 Å². The Bertz CT molecular complexity index is 1040. The summed E-state index contributed by atoms with van der Waals surface area (Å²) in [6.07, 6.45) is -5.63. The molecule has 0 N–H and O–H groups in total. The van der Waals surface area contributed by atoms with Crippen molar-refractivity contribution >= 4 is 5.91 Å². The minimum absolute atomic E-state index is 0.0847. The normalized spacial score (nSPS) is 19.5. The summed E-state index contributed by atoms with van der Waals surface area (Å²) in [5, 5.41) is 0. The first kappa shape index (κ1) is 25.2. The van der Waals surface area contributed by atoms with Gasteiger partial charge in [0.1, 0.15) is 0 Å². The minimum atomic E-state index is -4.94. The lowest BCUT2D eigenvalue weighted by molar-refractivity contribution is -0.143. The predicted octanol–water partition coefficient (Wildman–Crippen LogP) is 6.57. The lowest BCUT2D eigenvalue weighted by atomic mass is 9.98. The van der Waals surface area contributed by atoms with Gasteiger partial charge in [0.25, 0.3) is 0 Å². The number of carbonyl (C=O) groups excluding carboxylic acids is 1. The van der Waals surface area contributed by atoms with Crippen molar-refractivity contribution < 1.29 is 40.6 Å². The first-order valence-corrected chi connectivity index (χ1v) is 11.3. The van der Waals surface area contributed by atoms with Crippen molar-refractivity contribution in [3.05, 3.63) is 58.7 Å². The molecule has 1 heterocycles. The number of halogens is 6. The number of methoxy groups -OCH3 is 1. The molecule has 10 heteroatoms. The number of amides is 1. The SMILES string of the molecule is COc1ccc([C@@H]2CC(=O)N(Cc3cc(C(F)(F)F)cc(C(F)(F)F)c3)C2)cc1OC1CCCC1. The van der Waals surface area contributed by atoms with E-state index in [1.54, 1.807) is 12.1 Å². The zero-order chi connectivity index (χ0) is 25.4. The zero-order valence-corrected chi connectivity index (χ0v) is 19.0. The Labute approximate surface area is 198 Å². The molecular formula is C25H25F6NO3. The van der Waals surface area contributed by atoms with E-state index in [1.807, 2.05) is 6.07 Å². The van der Waals surface area contributed by atoms with Crippen LogP contribution in [0.1, 0.15) is 60.3 Å². The van der Waals surface area contributed by atoms with Crippen LogP contribution in [0, 0.1) is 0 Å². The molecule has 0 aromatic heterocycles. The fourth-order valence-electron chi connectivity index (χ4n) is 4.70. The second kappa shape index (κ2) is 9.62. The Morgan fingerprint density at radius 3 is 2.11 bits per heavy atom. The first-order chi connectivity index (χ1) is 16.4. The summed E-state index contributed by atoms with van der Waals surface area (Å²) in [6.45, 7) is -0.171. The van der Waals surface area contributed by atoms with Gasteiger partial charge in [0, 0.05) is 25.4 Å². The molecule has 2 aromatic rings. The van der Waals surface area contributed by atoms with Crippen LogP contribution >= 0.6 is 0 Å². The van der Waals surface area contributed by atoms with Gasteiger partial charge in [-0.15, -0.1) is 0 Å². The van der Waals surface area contributed by atoms with Gasteiger partial charge in [0.15, 0.2) is 11.5 Å². The first-order valence-electron chi connectivity index (χ1n) is 11.3. The van der Waals surface area contributed by atoms with Crippen molar-refractivity contribution in [2.45, 2.75) is 63.0 Å². The maximum absolute atomic E-state index is 13.2. The number of benzene rings is 2. The molecule has 1 aliphatic carbocycles. The van der Waals surface area contributed by atoms with Crippen molar-refractivity contribution in [2.24, 2.45) is 0 Å². The Hall–Kier alpha value is -2.91. The predicted molar refractivity (Wildman–Crippen MR) is 115 cm³/mol. The summed E-state index contributed by atoms with van der Waals surface area (Å²) >= 11 is 0. The van der Waals surface area contributed by atoms with E-state index < -0.39 is 23.5 Å². The number of hydrogen-bond donors (Lipinski definition) is 0. The molecular weight excluding hydrogens is 476 g/mol. The highest BCUT2D eigenvalue weighted by molar-refractivity contribution is 5.80. The smallest absolute Gasteiger partial charge is 0.416 e. The number of hydrogen-bond acceptors (Lipinski definition) is 3. The van der Waals surface area contributed by atoms with Crippen LogP contribution in [-0.4, -0.2) is 30.6 Å². The molecule has 35 heavy (non-hydrogen) atoms. The van der Waals surface area contributed by atoms with E-state index in [-0.39, 0.29) is 49.1 Å². The van der Waals surface area contributed by atoms with Gasteiger partial charge in [-0.2, -0.15) is 26.3 Å². The summed E-state index contributed by atoms with van der Waals surface area (Å²) in [4.78, 5) is 13.9.